The van der Waals surface area contributed by atoms with Crippen LogP contribution in [0.15, 0.2) is 90.5 Å². The summed E-state index contributed by atoms with van der Waals surface area (Å²) in [5.41, 5.74) is 2.40. The second-order valence-electron chi connectivity index (χ2n) is 6.03. The van der Waals surface area contributed by atoms with Crippen molar-refractivity contribution in [1.29, 1.82) is 10.5 Å². The van der Waals surface area contributed by atoms with Gasteiger partial charge in [0.15, 0.2) is 0 Å². The summed E-state index contributed by atoms with van der Waals surface area (Å²) in [6.07, 6.45) is 1.47. The predicted molar refractivity (Wildman–Crippen MR) is 106 cm³/mol. The van der Waals surface area contributed by atoms with Gasteiger partial charge in [-0.25, -0.2) is 0 Å². The lowest BCUT2D eigenvalue weighted by molar-refractivity contribution is -0.135. The molecule has 0 amide bonds. The van der Waals surface area contributed by atoms with Gasteiger partial charge >= 0.3 is 5.97 Å². The van der Waals surface area contributed by atoms with E-state index in [9.17, 15) is 4.79 Å². The Kier molecular flexibility index (Phi) is 5.98. The van der Waals surface area contributed by atoms with Crippen molar-refractivity contribution >= 4 is 12.0 Å². The molecule has 3 aromatic rings. The van der Waals surface area contributed by atoms with E-state index in [2.05, 4.69) is 0 Å². The Morgan fingerprint density at radius 3 is 1.75 bits per heavy atom. The van der Waals surface area contributed by atoms with Crippen LogP contribution >= 0.6 is 0 Å². The zero-order valence-corrected chi connectivity index (χ0v) is 14.9. The first-order valence-corrected chi connectivity index (χ1v) is 8.65. The number of carbonyl (C=O) groups is 1. The summed E-state index contributed by atoms with van der Waals surface area (Å²) in [4.78, 5) is 12.9. The molecule has 0 aromatic heterocycles. The third-order valence-electron chi connectivity index (χ3n) is 4.15. The molecule has 28 heavy (non-hydrogen) atoms. The summed E-state index contributed by atoms with van der Waals surface area (Å²) in [7, 11) is 0. The van der Waals surface area contributed by atoms with Crippen molar-refractivity contribution in [1.82, 2.24) is 0 Å². The van der Waals surface area contributed by atoms with Gasteiger partial charge in [0.1, 0.15) is 29.4 Å². The highest BCUT2D eigenvalue weighted by Gasteiger charge is 2.24. The van der Waals surface area contributed by atoms with Crippen molar-refractivity contribution in [3.05, 3.63) is 107 Å². The predicted octanol–water partition coefficient (Wildman–Crippen LogP) is 4.85. The second kappa shape index (κ2) is 8.98. The number of nitriles is 2. The Morgan fingerprint density at radius 1 is 0.786 bits per heavy atom. The summed E-state index contributed by atoms with van der Waals surface area (Å²) in [6.45, 7) is 0. The van der Waals surface area contributed by atoms with Gasteiger partial charge in [-0.15, -0.1) is 0 Å². The van der Waals surface area contributed by atoms with Crippen LogP contribution in [0.1, 0.15) is 22.6 Å². The van der Waals surface area contributed by atoms with Crippen LogP contribution in [-0.4, -0.2) is 5.97 Å². The van der Waals surface area contributed by atoms with Crippen LogP contribution in [-0.2, 0) is 4.79 Å². The van der Waals surface area contributed by atoms with Gasteiger partial charge in [-0.05, 0) is 34.9 Å². The molecule has 0 N–H and O–H groups in total. The van der Waals surface area contributed by atoms with E-state index in [-0.39, 0.29) is 11.5 Å². The maximum absolute atomic E-state index is 12.9. The van der Waals surface area contributed by atoms with Crippen LogP contribution in [0.2, 0.25) is 0 Å². The smallest absolute Gasteiger partial charge is 0.323 e. The number of benzene rings is 3. The maximum Gasteiger partial charge on any atom is 0.323 e. The summed E-state index contributed by atoms with van der Waals surface area (Å²) in [6, 6.07) is 29.3. The molecule has 0 radical (unpaired) electrons. The molecule has 0 fully saturated rings. The lowest BCUT2D eigenvalue weighted by atomic mass is 9.91. The van der Waals surface area contributed by atoms with Crippen LogP contribution in [0.25, 0.3) is 6.08 Å². The quantitative estimate of drug-likeness (QED) is 0.368. The number of nitrogens with zero attached hydrogens (tertiary/aromatic N) is 2. The molecule has 0 unspecified atom stereocenters. The number of hydrogen-bond donors (Lipinski definition) is 0. The van der Waals surface area contributed by atoms with E-state index in [1.54, 1.807) is 24.3 Å². The highest BCUT2D eigenvalue weighted by atomic mass is 16.5. The minimum Gasteiger partial charge on any atom is -0.426 e. The topological polar surface area (TPSA) is 73.9 Å². The Labute approximate surface area is 163 Å². The maximum atomic E-state index is 12.9. The molecule has 0 bridgehead atoms. The van der Waals surface area contributed by atoms with Crippen molar-refractivity contribution in [3.63, 3.8) is 0 Å². The van der Waals surface area contributed by atoms with E-state index < -0.39 is 5.92 Å². The van der Waals surface area contributed by atoms with Crippen molar-refractivity contribution in [2.45, 2.75) is 5.92 Å². The number of ether oxygens (including phenoxy) is 1. The summed E-state index contributed by atoms with van der Waals surface area (Å²) < 4.78 is 5.61. The zero-order chi connectivity index (χ0) is 19.8. The number of carbonyl (C=O) groups excluding carboxylic acids is 1. The fourth-order valence-corrected chi connectivity index (χ4v) is 2.82. The van der Waals surface area contributed by atoms with Gasteiger partial charge in [0.05, 0.1) is 0 Å². The molecule has 3 aromatic carbocycles. The summed E-state index contributed by atoms with van der Waals surface area (Å²) >= 11 is 0. The number of rotatable bonds is 5. The van der Waals surface area contributed by atoms with Crippen LogP contribution in [0.3, 0.4) is 0 Å². The van der Waals surface area contributed by atoms with Crippen molar-refractivity contribution in [2.75, 3.05) is 0 Å². The van der Waals surface area contributed by atoms with Gasteiger partial charge in [0, 0.05) is 0 Å². The van der Waals surface area contributed by atoms with E-state index in [4.69, 9.17) is 15.3 Å². The third-order valence-corrected chi connectivity index (χ3v) is 4.15. The van der Waals surface area contributed by atoms with Crippen LogP contribution in [0.4, 0.5) is 0 Å². The Balaban J connectivity index is 1.84. The SMILES string of the molecule is N#CC(C#N)=Cc1ccc(OC(=O)C(c2ccccc2)c2ccccc2)cc1. The first-order valence-electron chi connectivity index (χ1n) is 8.65. The molecule has 0 saturated carbocycles. The Bertz CT molecular complexity index is 1000. The van der Waals surface area contributed by atoms with Crippen molar-refractivity contribution in [3.8, 4) is 17.9 Å². The highest BCUT2D eigenvalue weighted by Crippen LogP contribution is 2.27. The largest absolute Gasteiger partial charge is 0.426 e. The van der Waals surface area contributed by atoms with Crippen LogP contribution in [0.5, 0.6) is 5.75 Å². The zero-order valence-electron chi connectivity index (χ0n) is 14.9. The van der Waals surface area contributed by atoms with Crippen LogP contribution < -0.4 is 4.74 Å². The second-order valence-corrected chi connectivity index (χ2v) is 6.03. The highest BCUT2D eigenvalue weighted by molar-refractivity contribution is 5.84. The fourth-order valence-electron chi connectivity index (χ4n) is 2.82. The molecular formula is C24H16N2O2. The van der Waals surface area contributed by atoms with E-state index in [0.717, 1.165) is 11.1 Å². The van der Waals surface area contributed by atoms with E-state index >= 15 is 0 Å². The first-order chi connectivity index (χ1) is 13.7. The monoisotopic (exact) mass is 364 g/mol. The molecule has 0 aliphatic carbocycles. The molecule has 4 nitrogen and oxygen atoms in total. The Morgan fingerprint density at radius 2 is 1.29 bits per heavy atom. The van der Waals surface area contributed by atoms with Gasteiger partial charge in [0.25, 0.3) is 0 Å². The standard InChI is InChI=1S/C24H16N2O2/c25-16-19(17-26)15-18-11-13-22(14-12-18)28-24(27)23(20-7-3-1-4-8-20)21-9-5-2-6-10-21/h1-15,23H. The third kappa shape index (κ3) is 4.52. The number of allylic oxidation sites excluding steroid dienone is 1. The van der Waals surface area contributed by atoms with Gasteiger partial charge < -0.3 is 4.74 Å². The van der Waals surface area contributed by atoms with Gasteiger partial charge in [-0.1, -0.05) is 72.8 Å². The summed E-state index contributed by atoms with van der Waals surface area (Å²) in [5.74, 6) is -0.518. The molecule has 0 spiro atoms. The molecule has 4 heteroatoms. The molecule has 0 aliphatic rings. The number of hydrogen-bond acceptors (Lipinski definition) is 4. The van der Waals surface area contributed by atoms with Gasteiger partial charge in [-0.2, -0.15) is 10.5 Å². The van der Waals surface area contributed by atoms with E-state index in [1.807, 2.05) is 72.8 Å². The lowest BCUT2D eigenvalue weighted by Crippen LogP contribution is -2.20. The number of esters is 1. The minimum atomic E-state index is -0.536. The van der Waals surface area contributed by atoms with Crippen molar-refractivity contribution < 1.29 is 9.53 Å². The first kappa shape index (κ1) is 18.6. The van der Waals surface area contributed by atoms with Gasteiger partial charge in [0.2, 0.25) is 0 Å². The molecule has 0 aliphatic heterocycles. The van der Waals surface area contributed by atoms with Gasteiger partial charge in [-0.3, -0.25) is 4.79 Å². The molecule has 3 rings (SSSR count). The fraction of sp³-hybridized carbons (Fsp3) is 0.0417. The molecular weight excluding hydrogens is 348 g/mol. The normalized spacial score (nSPS) is 9.82. The van der Waals surface area contributed by atoms with Crippen molar-refractivity contribution in [2.24, 2.45) is 0 Å². The average molecular weight is 364 g/mol. The molecule has 134 valence electrons. The Hall–Kier alpha value is -4.15. The van der Waals surface area contributed by atoms with E-state index in [1.165, 1.54) is 6.08 Å². The average Bonchev–Trinajstić information content (AvgIpc) is 2.75. The minimum absolute atomic E-state index is 0.0120. The van der Waals surface area contributed by atoms with Crippen LogP contribution in [0, 0.1) is 22.7 Å². The summed E-state index contributed by atoms with van der Waals surface area (Å²) in [5, 5.41) is 17.7. The molecule has 0 heterocycles. The lowest BCUT2D eigenvalue weighted by Gasteiger charge is -2.17. The molecule has 0 atom stereocenters. The molecule has 0 saturated heterocycles. The van der Waals surface area contributed by atoms with E-state index in [0.29, 0.717) is 11.3 Å².